The van der Waals surface area contributed by atoms with Crippen molar-refractivity contribution in [3.8, 4) is 39.1 Å². The first-order valence-corrected chi connectivity index (χ1v) is 24.0. The van der Waals surface area contributed by atoms with Crippen LogP contribution in [-0.2, 0) is 0 Å². The molecule has 14 aromatic rings. The Hall–Kier alpha value is -8.70. The fraction of sp³-hybridized carbons (Fsp3) is 0. The Morgan fingerprint density at radius 2 is 0.956 bits per heavy atom. The number of thiophene rings is 1. The molecule has 3 heterocycles. The quantitative estimate of drug-likeness (QED) is 0.159. The van der Waals surface area contributed by atoms with Crippen LogP contribution in [0.4, 0.5) is 17.1 Å². The Bertz CT molecular complexity index is 4210. The summed E-state index contributed by atoms with van der Waals surface area (Å²) in [6.45, 7) is 0. The van der Waals surface area contributed by atoms with Crippen molar-refractivity contribution in [2.24, 2.45) is 0 Å². The van der Waals surface area contributed by atoms with E-state index in [1.54, 1.807) is 0 Å². The van der Waals surface area contributed by atoms with Gasteiger partial charge in [-0.05, 0) is 88.1 Å². The van der Waals surface area contributed by atoms with Gasteiger partial charge in [0.1, 0.15) is 11.2 Å². The third-order valence-corrected chi connectivity index (χ3v) is 15.0. The van der Waals surface area contributed by atoms with E-state index in [-0.39, 0.29) is 0 Å². The number of benzene rings is 11. The minimum absolute atomic E-state index is 0.883. The summed E-state index contributed by atoms with van der Waals surface area (Å²) in [5, 5.41) is 9.72. The molecule has 68 heavy (non-hydrogen) atoms. The van der Waals surface area contributed by atoms with Crippen LogP contribution in [0.3, 0.4) is 0 Å². The molecule has 4 heteroatoms. The van der Waals surface area contributed by atoms with Crippen molar-refractivity contribution >= 4 is 103 Å². The van der Waals surface area contributed by atoms with Crippen molar-refractivity contribution in [1.29, 1.82) is 0 Å². The summed E-state index contributed by atoms with van der Waals surface area (Å²) >= 11 is 1.87. The van der Waals surface area contributed by atoms with Crippen molar-refractivity contribution < 1.29 is 4.42 Å². The van der Waals surface area contributed by atoms with Crippen LogP contribution < -0.4 is 4.90 Å². The van der Waals surface area contributed by atoms with Crippen LogP contribution in [0, 0.1) is 0 Å². The van der Waals surface area contributed by atoms with Gasteiger partial charge >= 0.3 is 0 Å². The maximum atomic E-state index is 6.74. The Kier molecular flexibility index (Phi) is 8.76. The molecular formula is C64H40N2OS. The number of aromatic nitrogens is 1. The van der Waals surface area contributed by atoms with Gasteiger partial charge in [-0.25, -0.2) is 0 Å². The van der Waals surface area contributed by atoms with E-state index in [1.807, 2.05) is 17.4 Å². The van der Waals surface area contributed by atoms with Crippen molar-refractivity contribution in [1.82, 2.24) is 4.57 Å². The normalized spacial score (nSPS) is 11.8. The molecule has 0 aliphatic rings. The van der Waals surface area contributed by atoms with Gasteiger partial charge in [0.05, 0.1) is 22.4 Å². The predicted molar refractivity (Wildman–Crippen MR) is 289 cm³/mol. The molecule has 0 saturated carbocycles. The Labute approximate surface area is 396 Å². The van der Waals surface area contributed by atoms with Crippen molar-refractivity contribution in [2.75, 3.05) is 4.90 Å². The zero-order valence-electron chi connectivity index (χ0n) is 36.8. The first-order chi connectivity index (χ1) is 33.7. The molecule has 11 aromatic carbocycles. The Balaban J connectivity index is 1.02. The van der Waals surface area contributed by atoms with E-state index in [2.05, 4.69) is 246 Å². The van der Waals surface area contributed by atoms with Crippen molar-refractivity contribution in [3.63, 3.8) is 0 Å². The summed E-state index contributed by atoms with van der Waals surface area (Å²) in [4.78, 5) is 2.48. The van der Waals surface area contributed by atoms with E-state index < -0.39 is 0 Å². The molecule has 0 unspecified atom stereocenters. The Morgan fingerprint density at radius 3 is 1.76 bits per heavy atom. The van der Waals surface area contributed by atoms with Crippen LogP contribution in [0.1, 0.15) is 0 Å². The van der Waals surface area contributed by atoms with E-state index in [9.17, 15) is 0 Å². The predicted octanol–water partition coefficient (Wildman–Crippen LogP) is 18.7. The van der Waals surface area contributed by atoms with Gasteiger partial charge in [-0.2, -0.15) is 0 Å². The minimum atomic E-state index is 0.883. The zero-order chi connectivity index (χ0) is 44.7. The number of rotatable bonds is 7. The second-order valence-corrected chi connectivity index (χ2v) is 18.6. The van der Waals surface area contributed by atoms with Crippen molar-refractivity contribution in [2.45, 2.75) is 0 Å². The molecule has 0 radical (unpaired) electrons. The molecule has 0 fully saturated rings. The summed E-state index contributed by atoms with van der Waals surface area (Å²) < 4.78 is 11.7. The van der Waals surface area contributed by atoms with Gasteiger partial charge in [-0.3, -0.25) is 0 Å². The van der Waals surface area contributed by atoms with Crippen LogP contribution >= 0.6 is 11.3 Å². The lowest BCUT2D eigenvalue weighted by Crippen LogP contribution is -2.12. The lowest BCUT2D eigenvalue weighted by Gasteiger charge is -2.30. The molecule has 0 amide bonds. The summed E-state index contributed by atoms with van der Waals surface area (Å²) in [5.74, 6) is 0. The minimum Gasteiger partial charge on any atom is -0.455 e. The summed E-state index contributed by atoms with van der Waals surface area (Å²) in [6, 6.07) is 88.3. The second kappa shape index (κ2) is 15.5. The van der Waals surface area contributed by atoms with Gasteiger partial charge in [-0.15, -0.1) is 11.3 Å². The molecule has 318 valence electrons. The highest BCUT2D eigenvalue weighted by molar-refractivity contribution is 7.26. The molecule has 0 saturated heterocycles. The highest BCUT2D eigenvalue weighted by Gasteiger charge is 2.25. The highest BCUT2D eigenvalue weighted by atomic mass is 32.1. The van der Waals surface area contributed by atoms with Gasteiger partial charge in [0.15, 0.2) is 0 Å². The first kappa shape index (κ1) is 38.6. The molecule has 0 aliphatic carbocycles. The fourth-order valence-corrected chi connectivity index (χ4v) is 12.0. The largest absolute Gasteiger partial charge is 0.455 e. The number of hydrogen-bond donors (Lipinski definition) is 0. The Morgan fingerprint density at radius 1 is 0.368 bits per heavy atom. The van der Waals surface area contributed by atoms with Crippen molar-refractivity contribution in [3.05, 3.63) is 243 Å². The number of nitrogens with zero attached hydrogens (tertiary/aromatic N) is 2. The second-order valence-electron chi connectivity index (χ2n) is 17.6. The van der Waals surface area contributed by atoms with Crippen LogP contribution in [0.15, 0.2) is 247 Å². The molecule has 0 N–H and O–H groups in total. The third kappa shape index (κ3) is 5.98. The zero-order valence-corrected chi connectivity index (χ0v) is 37.6. The molecule has 0 bridgehead atoms. The smallest absolute Gasteiger partial charge is 0.143 e. The van der Waals surface area contributed by atoms with Crippen LogP contribution in [-0.4, -0.2) is 4.57 Å². The van der Waals surface area contributed by atoms with Gasteiger partial charge < -0.3 is 13.9 Å². The maximum absolute atomic E-state index is 6.74. The third-order valence-electron chi connectivity index (χ3n) is 13.8. The SMILES string of the molecule is c1ccc(N(c2ccc(-c3cccc4ccccc34)cc2)c2ccc3c(sc4ccccc43)c2-c2ccc(-n3c4ccccc4c4ccccc43)cc2)c(-c2cccc3c2oc2ccccc23)c1. The molecule has 3 nitrogen and oxygen atoms in total. The number of hydrogen-bond acceptors (Lipinski definition) is 3. The summed E-state index contributed by atoms with van der Waals surface area (Å²) in [5.41, 5.74) is 15.4. The van der Waals surface area contributed by atoms with E-state index in [0.717, 1.165) is 61.4 Å². The van der Waals surface area contributed by atoms with E-state index >= 15 is 0 Å². The van der Waals surface area contributed by atoms with Crippen LogP contribution in [0.5, 0.6) is 0 Å². The monoisotopic (exact) mass is 884 g/mol. The number of fused-ring (bicyclic) bond motifs is 10. The molecule has 0 atom stereocenters. The van der Waals surface area contributed by atoms with E-state index in [1.165, 1.54) is 69.4 Å². The lowest BCUT2D eigenvalue weighted by molar-refractivity contribution is 0.670. The lowest BCUT2D eigenvalue weighted by atomic mass is 9.95. The topological polar surface area (TPSA) is 21.3 Å². The summed E-state index contributed by atoms with van der Waals surface area (Å²) in [6.07, 6.45) is 0. The molecule has 0 spiro atoms. The van der Waals surface area contributed by atoms with Crippen LogP contribution in [0.2, 0.25) is 0 Å². The number of anilines is 3. The average molecular weight is 885 g/mol. The van der Waals surface area contributed by atoms with Gasteiger partial charge in [-0.1, -0.05) is 182 Å². The molecule has 14 rings (SSSR count). The summed E-state index contributed by atoms with van der Waals surface area (Å²) in [7, 11) is 0. The van der Waals surface area contributed by atoms with E-state index in [0.29, 0.717) is 0 Å². The van der Waals surface area contributed by atoms with Gasteiger partial charge in [0.25, 0.3) is 0 Å². The van der Waals surface area contributed by atoms with Gasteiger partial charge in [0, 0.05) is 69.8 Å². The number of para-hydroxylation sites is 5. The maximum Gasteiger partial charge on any atom is 0.143 e. The van der Waals surface area contributed by atoms with Gasteiger partial charge in [0.2, 0.25) is 0 Å². The number of furan rings is 1. The molecular weight excluding hydrogens is 845 g/mol. The van der Waals surface area contributed by atoms with E-state index in [4.69, 9.17) is 4.42 Å². The van der Waals surface area contributed by atoms with Crippen LogP contribution in [0.25, 0.3) is 114 Å². The average Bonchev–Trinajstić information content (AvgIpc) is 4.09. The fourth-order valence-electron chi connectivity index (χ4n) is 10.8. The highest BCUT2D eigenvalue weighted by Crippen LogP contribution is 2.51. The standard InChI is InChI=1S/C64H40N2OS/c1-2-17-46-41(15-1)16-13-23-47(46)42-31-35-45(36-32-42)66(58-28-10-5-20-50(58)53-24-14-25-54-51-21-6-11-29-60(51)67-63(53)54)59-40-39-55-52-22-7-12-30-61(52)68-64(55)62(59)43-33-37-44(38-34-43)65-56-26-8-3-18-48(56)49-19-4-9-27-57(49)65/h1-40H. The molecule has 3 aromatic heterocycles. The molecule has 0 aliphatic heterocycles. The first-order valence-electron chi connectivity index (χ1n) is 23.2.